The molecular weight excluding hydrogens is 472 g/mol. The number of aliphatic hydroxyl groups is 3. The van der Waals surface area contributed by atoms with Gasteiger partial charge in [-0.25, -0.2) is 0 Å². The third-order valence-electron chi connectivity index (χ3n) is 9.11. The number of hydrogen-bond donors (Lipinski definition) is 5. The zero-order chi connectivity index (χ0) is 26.1. The van der Waals surface area contributed by atoms with Crippen LogP contribution < -0.4 is 10.1 Å². The molecule has 2 fully saturated rings. The number of fused-ring (bicyclic) bond motifs is 1. The van der Waals surface area contributed by atoms with Crippen LogP contribution in [-0.4, -0.2) is 62.1 Å². The lowest BCUT2D eigenvalue weighted by atomic mass is 9.53. The lowest BCUT2D eigenvalue weighted by molar-refractivity contribution is -0.153. The van der Waals surface area contributed by atoms with Gasteiger partial charge in [-0.3, -0.25) is 9.69 Å². The van der Waals surface area contributed by atoms with Gasteiger partial charge in [0.25, 0.3) is 5.91 Å². The summed E-state index contributed by atoms with van der Waals surface area (Å²) in [5.74, 6) is 0.184. The molecule has 37 heavy (non-hydrogen) atoms. The fraction of sp³-hybridized carbons (Fsp3) is 0.483. The Labute approximate surface area is 216 Å². The van der Waals surface area contributed by atoms with Crippen molar-refractivity contribution in [1.82, 2.24) is 4.90 Å². The molecule has 6 rings (SSSR count). The van der Waals surface area contributed by atoms with Crippen LogP contribution in [0.4, 0.5) is 5.69 Å². The number of piperidine rings is 1. The van der Waals surface area contributed by atoms with Gasteiger partial charge in [-0.2, -0.15) is 0 Å². The molecule has 1 spiro atoms. The highest BCUT2D eigenvalue weighted by molar-refractivity contribution is 6.03. The average Bonchev–Trinajstić information content (AvgIpc) is 3.62. The zero-order valence-corrected chi connectivity index (χ0v) is 21.2. The first-order valence-corrected chi connectivity index (χ1v) is 13.1. The Balaban J connectivity index is 1.39. The number of ether oxygens (including phenoxy) is 1. The molecule has 4 atom stereocenters. The van der Waals surface area contributed by atoms with Crippen molar-refractivity contribution >= 4 is 11.6 Å². The maximum atomic E-state index is 13.1. The maximum absolute atomic E-state index is 13.1. The fourth-order valence-electron chi connectivity index (χ4n) is 6.80. The van der Waals surface area contributed by atoms with Crippen molar-refractivity contribution in [3.05, 3.63) is 64.4 Å². The van der Waals surface area contributed by atoms with Crippen LogP contribution in [0.25, 0.3) is 0 Å². The Kier molecular flexibility index (Phi) is 5.56. The van der Waals surface area contributed by atoms with Crippen molar-refractivity contribution in [2.45, 2.75) is 69.3 Å². The van der Waals surface area contributed by atoms with Gasteiger partial charge in [0.15, 0.2) is 17.6 Å². The summed E-state index contributed by atoms with van der Waals surface area (Å²) in [6.07, 6.45) is 2.58. The summed E-state index contributed by atoms with van der Waals surface area (Å²) in [6.45, 7) is 4.94. The number of phenolic OH excluding ortho intramolecular Hbond substituents is 1. The number of aromatic hydroxyl groups is 1. The summed E-state index contributed by atoms with van der Waals surface area (Å²) in [4.78, 5) is 15.5. The molecular formula is C29H34N2O6. The normalized spacial score (nSPS) is 30.8. The monoisotopic (exact) mass is 506 g/mol. The third-order valence-corrected chi connectivity index (χ3v) is 9.11. The number of amides is 1. The van der Waals surface area contributed by atoms with Crippen molar-refractivity contribution in [2.75, 3.05) is 18.4 Å². The van der Waals surface area contributed by atoms with Gasteiger partial charge >= 0.3 is 0 Å². The standard InChI is InChI=1S/C29H34N2O6/c1-16(27(35)30-20-8-5-18(15-32)6-9-20)24(34)26-29-11-12-31(14-17-3-4-17)22(28(29,2)36)13-19-7-10-21(33)25(37-26)23(19)29/h5-10,17,22,26,32-34,36H,3-4,11-15H2,1-2H3,(H,30,35)/b24-16-/t22-,26+,28-,29+/m1/s1. The largest absolute Gasteiger partial charge is 0.508 e. The minimum absolute atomic E-state index is 0.0332. The van der Waals surface area contributed by atoms with E-state index in [1.165, 1.54) is 19.8 Å². The van der Waals surface area contributed by atoms with Crippen LogP contribution in [0.15, 0.2) is 47.7 Å². The first-order valence-electron chi connectivity index (χ1n) is 13.1. The molecule has 2 aromatic carbocycles. The number of nitrogens with zero attached hydrogens (tertiary/aromatic N) is 1. The molecule has 8 nitrogen and oxygen atoms in total. The number of carbonyl (C=O) groups excluding carboxylic acids is 1. The molecule has 2 aliphatic carbocycles. The highest BCUT2D eigenvalue weighted by atomic mass is 16.5. The second kappa shape index (κ2) is 8.48. The van der Waals surface area contributed by atoms with E-state index >= 15 is 0 Å². The SMILES string of the molecule is C/C(C(=O)Nc1ccc(CO)cc1)=C(/O)[C@@H]1Oc2c(O)ccc3c2[C@@]12CCN(CC1CC1)[C@H](C3)[C@@]2(C)O. The molecule has 0 radical (unpaired) electrons. The van der Waals surface area contributed by atoms with Gasteiger partial charge in [0, 0.05) is 23.8 Å². The highest BCUT2D eigenvalue weighted by Crippen LogP contribution is 2.63. The van der Waals surface area contributed by atoms with Crippen LogP contribution in [0.1, 0.15) is 49.8 Å². The molecule has 2 bridgehead atoms. The zero-order valence-electron chi connectivity index (χ0n) is 21.2. The molecule has 5 N–H and O–H groups in total. The summed E-state index contributed by atoms with van der Waals surface area (Å²) >= 11 is 0. The molecule has 0 unspecified atom stereocenters. The van der Waals surface area contributed by atoms with E-state index in [1.54, 1.807) is 30.3 Å². The average molecular weight is 507 g/mol. The topological polar surface area (TPSA) is 122 Å². The summed E-state index contributed by atoms with van der Waals surface area (Å²) in [5.41, 5.74) is 0.826. The number of hydrogen-bond acceptors (Lipinski definition) is 7. The molecule has 8 heteroatoms. The van der Waals surface area contributed by atoms with Crippen molar-refractivity contribution in [2.24, 2.45) is 5.92 Å². The molecule has 1 saturated carbocycles. The van der Waals surface area contributed by atoms with Gasteiger partial charge in [0.1, 0.15) is 5.76 Å². The van der Waals surface area contributed by atoms with E-state index in [0.29, 0.717) is 24.4 Å². The number of nitrogens with one attached hydrogen (secondary N) is 1. The van der Waals surface area contributed by atoms with E-state index in [2.05, 4.69) is 10.2 Å². The second-order valence-electron chi connectivity index (χ2n) is 11.3. The molecule has 2 aromatic rings. The number of carbonyl (C=O) groups is 1. The Morgan fingerprint density at radius 1 is 1.19 bits per heavy atom. The molecule has 0 aromatic heterocycles. The van der Waals surface area contributed by atoms with Crippen LogP contribution in [0.3, 0.4) is 0 Å². The third kappa shape index (κ3) is 3.57. The number of likely N-dealkylation sites (tertiary alicyclic amines) is 1. The van der Waals surface area contributed by atoms with Crippen molar-refractivity contribution < 1.29 is 30.0 Å². The number of anilines is 1. The Morgan fingerprint density at radius 2 is 1.92 bits per heavy atom. The van der Waals surface area contributed by atoms with Crippen LogP contribution in [0, 0.1) is 5.92 Å². The Hall–Kier alpha value is -3.07. The molecule has 196 valence electrons. The number of rotatable bonds is 6. The van der Waals surface area contributed by atoms with E-state index in [1.807, 2.05) is 13.0 Å². The van der Waals surface area contributed by atoms with Crippen LogP contribution in [0.5, 0.6) is 11.5 Å². The molecule has 1 saturated heterocycles. The molecule has 1 amide bonds. The molecule has 2 aliphatic heterocycles. The smallest absolute Gasteiger partial charge is 0.254 e. The fourth-order valence-corrected chi connectivity index (χ4v) is 6.80. The van der Waals surface area contributed by atoms with Gasteiger partial charge in [0.05, 0.1) is 23.2 Å². The number of aliphatic hydroxyl groups excluding tert-OH is 2. The number of benzene rings is 2. The van der Waals surface area contributed by atoms with Gasteiger partial charge in [0.2, 0.25) is 0 Å². The number of phenols is 1. The maximum Gasteiger partial charge on any atom is 0.254 e. The van der Waals surface area contributed by atoms with Gasteiger partial charge in [-0.1, -0.05) is 18.2 Å². The van der Waals surface area contributed by atoms with Crippen molar-refractivity contribution in [3.8, 4) is 11.5 Å². The quantitative estimate of drug-likeness (QED) is 0.301. The summed E-state index contributed by atoms with van der Waals surface area (Å²) in [5, 5.41) is 46.5. The first-order chi connectivity index (χ1) is 17.7. The van der Waals surface area contributed by atoms with E-state index in [0.717, 1.165) is 29.8 Å². The lowest BCUT2D eigenvalue weighted by Gasteiger charge is -2.59. The van der Waals surface area contributed by atoms with E-state index in [9.17, 15) is 25.2 Å². The molecule has 4 aliphatic rings. The van der Waals surface area contributed by atoms with Gasteiger partial charge in [-0.15, -0.1) is 0 Å². The highest BCUT2D eigenvalue weighted by Gasteiger charge is 2.69. The summed E-state index contributed by atoms with van der Waals surface area (Å²) in [7, 11) is 0. The van der Waals surface area contributed by atoms with E-state index in [-0.39, 0.29) is 35.5 Å². The predicted molar refractivity (Wildman–Crippen MR) is 138 cm³/mol. The minimum Gasteiger partial charge on any atom is -0.508 e. The van der Waals surface area contributed by atoms with E-state index in [4.69, 9.17) is 4.74 Å². The predicted octanol–water partition coefficient (Wildman–Crippen LogP) is 3.15. The first kappa shape index (κ1) is 24.3. The molecule has 2 heterocycles. The summed E-state index contributed by atoms with van der Waals surface area (Å²) in [6, 6.07) is 10.1. The van der Waals surface area contributed by atoms with Gasteiger partial charge < -0.3 is 30.5 Å². The minimum atomic E-state index is -1.26. The van der Waals surface area contributed by atoms with Crippen molar-refractivity contribution in [3.63, 3.8) is 0 Å². The Bertz CT molecular complexity index is 1280. The Morgan fingerprint density at radius 3 is 2.59 bits per heavy atom. The van der Waals surface area contributed by atoms with Crippen LogP contribution in [-0.2, 0) is 23.2 Å². The van der Waals surface area contributed by atoms with E-state index < -0.39 is 23.0 Å². The second-order valence-corrected chi connectivity index (χ2v) is 11.3. The van der Waals surface area contributed by atoms with Gasteiger partial charge in [-0.05, 0) is 81.3 Å². The van der Waals surface area contributed by atoms with Crippen molar-refractivity contribution in [1.29, 1.82) is 0 Å². The lowest BCUT2D eigenvalue weighted by Crippen LogP contribution is -2.73. The van der Waals surface area contributed by atoms with Crippen LogP contribution >= 0.6 is 0 Å². The summed E-state index contributed by atoms with van der Waals surface area (Å²) < 4.78 is 6.27. The van der Waals surface area contributed by atoms with Crippen LogP contribution in [0.2, 0.25) is 0 Å².